The van der Waals surface area contributed by atoms with Gasteiger partial charge in [-0.3, -0.25) is 4.79 Å². The number of hydrogen-bond acceptors (Lipinski definition) is 7. The van der Waals surface area contributed by atoms with Crippen LogP contribution in [0.3, 0.4) is 0 Å². The van der Waals surface area contributed by atoms with Crippen molar-refractivity contribution in [3.05, 3.63) is 50.9 Å². The lowest BCUT2D eigenvalue weighted by Crippen LogP contribution is -2.38. The number of esters is 1. The number of nitrogens with zero attached hydrogens (tertiary/aromatic N) is 1. The Kier molecular flexibility index (Phi) is 4.35. The smallest absolute Gasteiger partial charge is 0.351 e. The molecule has 140 valence electrons. The monoisotopic (exact) mass is 386 g/mol. The maximum atomic E-state index is 12.5. The standard InChI is InChI=1S/C19H18N2O5S/c1-9-11(3)27-18-15(9)17(22)20-16(21-18)10(2)25-19(23)14-8-24-12-6-4-5-7-13(12)26-14/h4-7,10,14H,8H2,1-3H3,(H,20,21,22)/t10-,14+/m0/s1. The van der Waals surface area contributed by atoms with E-state index in [0.29, 0.717) is 27.5 Å². The maximum absolute atomic E-state index is 12.5. The number of hydrogen-bond donors (Lipinski definition) is 1. The minimum atomic E-state index is -0.871. The maximum Gasteiger partial charge on any atom is 0.351 e. The van der Waals surface area contributed by atoms with E-state index < -0.39 is 18.2 Å². The molecule has 0 bridgehead atoms. The van der Waals surface area contributed by atoms with E-state index in [1.807, 2.05) is 19.9 Å². The molecule has 0 saturated heterocycles. The van der Waals surface area contributed by atoms with Crippen molar-refractivity contribution in [3.63, 3.8) is 0 Å². The lowest BCUT2D eigenvalue weighted by atomic mass is 10.2. The van der Waals surface area contributed by atoms with Crippen molar-refractivity contribution < 1.29 is 19.0 Å². The fraction of sp³-hybridized carbons (Fsp3) is 0.316. The van der Waals surface area contributed by atoms with Crippen molar-refractivity contribution >= 4 is 27.5 Å². The first kappa shape index (κ1) is 17.5. The molecule has 4 rings (SSSR count). The van der Waals surface area contributed by atoms with Crippen LogP contribution >= 0.6 is 11.3 Å². The number of aromatic amines is 1. The normalized spacial score (nSPS) is 16.9. The van der Waals surface area contributed by atoms with Crippen LogP contribution in [0.1, 0.15) is 29.3 Å². The molecule has 1 N–H and O–H groups in total. The van der Waals surface area contributed by atoms with Crippen molar-refractivity contribution in [3.8, 4) is 11.5 Å². The third-order valence-electron chi connectivity index (χ3n) is 4.51. The van der Waals surface area contributed by atoms with Crippen LogP contribution in [-0.2, 0) is 9.53 Å². The fourth-order valence-corrected chi connectivity index (χ4v) is 3.94. The summed E-state index contributed by atoms with van der Waals surface area (Å²) in [7, 11) is 0. The second-order valence-corrected chi connectivity index (χ2v) is 7.56. The zero-order chi connectivity index (χ0) is 19.1. The number of carbonyl (C=O) groups is 1. The van der Waals surface area contributed by atoms with Gasteiger partial charge in [0.05, 0.1) is 5.39 Å². The van der Waals surface area contributed by atoms with Crippen LogP contribution in [0.2, 0.25) is 0 Å². The predicted molar refractivity (Wildman–Crippen MR) is 101 cm³/mol. The van der Waals surface area contributed by atoms with Crippen molar-refractivity contribution in [2.45, 2.75) is 33.0 Å². The van der Waals surface area contributed by atoms with Crippen LogP contribution in [-0.4, -0.2) is 28.6 Å². The van der Waals surface area contributed by atoms with Gasteiger partial charge in [0.15, 0.2) is 23.4 Å². The molecule has 0 unspecified atom stereocenters. The second-order valence-electron chi connectivity index (χ2n) is 6.36. The molecule has 0 aliphatic carbocycles. The molecular weight excluding hydrogens is 368 g/mol. The molecule has 2 atom stereocenters. The Morgan fingerprint density at radius 1 is 1.33 bits per heavy atom. The number of carbonyl (C=O) groups excluding carboxylic acids is 1. The number of aryl methyl sites for hydroxylation is 2. The number of rotatable bonds is 3. The topological polar surface area (TPSA) is 90.5 Å². The van der Waals surface area contributed by atoms with E-state index in [1.54, 1.807) is 25.1 Å². The first-order chi connectivity index (χ1) is 12.9. The van der Waals surface area contributed by atoms with Crippen molar-refractivity contribution in [1.82, 2.24) is 9.97 Å². The SMILES string of the molecule is Cc1sc2nc([C@H](C)OC(=O)[C@H]3COc4ccccc4O3)[nH]c(=O)c2c1C. The number of aromatic nitrogens is 2. The Labute approximate surface area is 158 Å². The van der Waals surface area contributed by atoms with Gasteiger partial charge in [0, 0.05) is 4.88 Å². The third-order valence-corrected chi connectivity index (χ3v) is 5.61. The predicted octanol–water partition coefficient (Wildman–Crippen LogP) is 3.05. The zero-order valence-corrected chi connectivity index (χ0v) is 15.9. The number of benzene rings is 1. The van der Waals surface area contributed by atoms with Gasteiger partial charge in [-0.05, 0) is 38.5 Å². The minimum absolute atomic E-state index is 0.0643. The van der Waals surface area contributed by atoms with E-state index in [2.05, 4.69) is 9.97 Å². The Morgan fingerprint density at radius 3 is 2.85 bits per heavy atom. The zero-order valence-electron chi connectivity index (χ0n) is 15.1. The van der Waals surface area contributed by atoms with Crippen molar-refractivity contribution in [2.75, 3.05) is 6.61 Å². The molecule has 0 fully saturated rings. The van der Waals surface area contributed by atoms with Gasteiger partial charge in [-0.15, -0.1) is 11.3 Å². The number of para-hydroxylation sites is 2. The van der Waals surface area contributed by atoms with Crippen LogP contribution in [0.5, 0.6) is 11.5 Å². The summed E-state index contributed by atoms with van der Waals surface area (Å²) in [6.07, 6.45) is -1.60. The fourth-order valence-electron chi connectivity index (χ4n) is 2.91. The number of thiophene rings is 1. The second kappa shape index (κ2) is 6.70. The summed E-state index contributed by atoms with van der Waals surface area (Å²) in [5.41, 5.74) is 0.692. The number of fused-ring (bicyclic) bond motifs is 2. The Balaban J connectivity index is 1.52. The highest BCUT2D eigenvalue weighted by Crippen LogP contribution is 2.32. The molecule has 8 heteroatoms. The molecule has 0 radical (unpaired) electrons. The Bertz CT molecular complexity index is 1090. The summed E-state index contributed by atoms with van der Waals surface area (Å²) < 4.78 is 16.7. The van der Waals surface area contributed by atoms with Gasteiger partial charge < -0.3 is 19.2 Å². The molecule has 7 nitrogen and oxygen atoms in total. The number of ether oxygens (including phenoxy) is 3. The van der Waals surface area contributed by atoms with Gasteiger partial charge in [-0.25, -0.2) is 9.78 Å². The van der Waals surface area contributed by atoms with Gasteiger partial charge in [-0.2, -0.15) is 0 Å². The molecule has 0 saturated carbocycles. The van der Waals surface area contributed by atoms with Gasteiger partial charge in [0.1, 0.15) is 11.4 Å². The highest BCUT2D eigenvalue weighted by atomic mass is 32.1. The third kappa shape index (κ3) is 3.16. The Hall–Kier alpha value is -2.87. The van der Waals surface area contributed by atoms with Crippen LogP contribution in [0, 0.1) is 13.8 Å². The van der Waals surface area contributed by atoms with Gasteiger partial charge >= 0.3 is 5.97 Å². The van der Waals surface area contributed by atoms with E-state index in [4.69, 9.17) is 14.2 Å². The lowest BCUT2D eigenvalue weighted by molar-refractivity contribution is -0.160. The molecule has 0 spiro atoms. The first-order valence-corrected chi connectivity index (χ1v) is 9.34. The molecule has 2 aromatic heterocycles. The molecule has 1 aliphatic heterocycles. The highest BCUT2D eigenvalue weighted by Gasteiger charge is 2.30. The summed E-state index contributed by atoms with van der Waals surface area (Å²) in [5.74, 6) is 0.822. The van der Waals surface area contributed by atoms with E-state index in [-0.39, 0.29) is 12.2 Å². The molecular formula is C19H18N2O5S. The summed E-state index contributed by atoms with van der Waals surface area (Å²) in [4.78, 5) is 33.7. The van der Waals surface area contributed by atoms with Crippen LogP contribution in [0.15, 0.2) is 29.1 Å². The average molecular weight is 386 g/mol. The summed E-state index contributed by atoms with van der Waals surface area (Å²) in [6.45, 7) is 5.57. The average Bonchev–Trinajstić information content (AvgIpc) is 2.95. The summed E-state index contributed by atoms with van der Waals surface area (Å²) >= 11 is 1.45. The van der Waals surface area contributed by atoms with Gasteiger partial charge in [-0.1, -0.05) is 12.1 Å². The molecule has 0 amide bonds. The minimum Gasteiger partial charge on any atom is -0.485 e. The summed E-state index contributed by atoms with van der Waals surface area (Å²) in [5, 5.41) is 0.584. The first-order valence-electron chi connectivity index (χ1n) is 8.53. The Morgan fingerprint density at radius 2 is 2.07 bits per heavy atom. The quantitative estimate of drug-likeness (QED) is 0.696. The van der Waals surface area contributed by atoms with Gasteiger partial charge in [0.25, 0.3) is 5.56 Å². The van der Waals surface area contributed by atoms with Crippen LogP contribution < -0.4 is 15.0 Å². The molecule has 1 aromatic carbocycles. The highest BCUT2D eigenvalue weighted by molar-refractivity contribution is 7.18. The molecule has 1 aliphatic rings. The molecule has 3 aromatic rings. The van der Waals surface area contributed by atoms with E-state index >= 15 is 0 Å². The number of H-pyrrole nitrogens is 1. The van der Waals surface area contributed by atoms with Crippen molar-refractivity contribution in [2.24, 2.45) is 0 Å². The largest absolute Gasteiger partial charge is 0.485 e. The summed E-state index contributed by atoms with van der Waals surface area (Å²) in [6, 6.07) is 7.13. The van der Waals surface area contributed by atoms with E-state index in [1.165, 1.54) is 11.3 Å². The van der Waals surface area contributed by atoms with Gasteiger partial charge in [0.2, 0.25) is 6.10 Å². The van der Waals surface area contributed by atoms with Crippen LogP contribution in [0.25, 0.3) is 10.2 Å². The lowest BCUT2D eigenvalue weighted by Gasteiger charge is -2.25. The number of nitrogens with one attached hydrogen (secondary N) is 1. The van der Waals surface area contributed by atoms with Crippen LogP contribution in [0.4, 0.5) is 0 Å². The van der Waals surface area contributed by atoms with E-state index in [9.17, 15) is 9.59 Å². The van der Waals surface area contributed by atoms with E-state index in [0.717, 1.165) is 10.4 Å². The van der Waals surface area contributed by atoms with Crippen molar-refractivity contribution in [1.29, 1.82) is 0 Å². The molecule has 3 heterocycles. The molecule has 27 heavy (non-hydrogen) atoms.